The van der Waals surface area contributed by atoms with Crippen molar-refractivity contribution in [3.05, 3.63) is 29.8 Å². The van der Waals surface area contributed by atoms with Crippen LogP contribution in [-0.4, -0.2) is 18.8 Å². The zero-order valence-electron chi connectivity index (χ0n) is 11.0. The zero-order chi connectivity index (χ0) is 12.3. The van der Waals surface area contributed by atoms with Gasteiger partial charge >= 0.3 is 0 Å². The van der Waals surface area contributed by atoms with Crippen molar-refractivity contribution in [2.24, 2.45) is 5.92 Å². The highest BCUT2D eigenvalue weighted by Crippen LogP contribution is 2.28. The molecule has 1 saturated heterocycles. The number of hydrogen-bond donors (Lipinski definition) is 0. The van der Waals surface area contributed by atoms with Crippen molar-refractivity contribution in [2.75, 3.05) is 6.61 Å². The van der Waals surface area contributed by atoms with Crippen LogP contribution in [0.25, 0.3) is 0 Å². The molecule has 0 bridgehead atoms. The van der Waals surface area contributed by atoms with Crippen LogP contribution in [0.2, 0.25) is 0 Å². The third kappa shape index (κ3) is 2.81. The Morgan fingerprint density at radius 3 is 2.82 bits per heavy atom. The molecule has 0 saturated carbocycles. The summed E-state index contributed by atoms with van der Waals surface area (Å²) in [7, 11) is 0. The van der Waals surface area contributed by atoms with Crippen LogP contribution in [0, 0.1) is 12.8 Å². The van der Waals surface area contributed by atoms with Crippen molar-refractivity contribution < 1.29 is 9.47 Å². The number of hydrogen-bond acceptors (Lipinski definition) is 2. The fourth-order valence-corrected chi connectivity index (χ4v) is 2.50. The Morgan fingerprint density at radius 2 is 2.12 bits per heavy atom. The van der Waals surface area contributed by atoms with Crippen LogP contribution in [0.5, 0.6) is 5.75 Å². The Kier molecular flexibility index (Phi) is 4.06. The number of benzene rings is 1. The molecule has 1 aliphatic rings. The van der Waals surface area contributed by atoms with Crippen molar-refractivity contribution in [3.8, 4) is 5.75 Å². The minimum atomic E-state index is 0.287. The average molecular weight is 234 g/mol. The summed E-state index contributed by atoms with van der Waals surface area (Å²) in [5.74, 6) is 1.48. The Morgan fingerprint density at radius 1 is 1.35 bits per heavy atom. The lowest BCUT2D eigenvalue weighted by atomic mass is 9.91. The molecule has 0 N–H and O–H groups in total. The molecular formula is C15H22O2. The van der Waals surface area contributed by atoms with Gasteiger partial charge in [-0.3, -0.25) is 0 Å². The first kappa shape index (κ1) is 12.4. The Bertz CT molecular complexity index is 362. The molecule has 1 aromatic rings. The molecule has 1 aliphatic heterocycles. The maximum atomic E-state index is 6.15. The minimum Gasteiger partial charge on any atom is -0.490 e. The normalized spacial score (nSPS) is 29.0. The van der Waals surface area contributed by atoms with E-state index in [4.69, 9.17) is 9.47 Å². The molecule has 1 heterocycles. The van der Waals surface area contributed by atoms with Crippen LogP contribution >= 0.6 is 0 Å². The second-order valence-corrected chi connectivity index (χ2v) is 4.89. The molecule has 2 rings (SSSR count). The van der Waals surface area contributed by atoms with E-state index in [1.807, 2.05) is 12.1 Å². The summed E-state index contributed by atoms with van der Waals surface area (Å²) >= 11 is 0. The Labute approximate surface area is 104 Å². The van der Waals surface area contributed by atoms with Crippen LogP contribution in [0.3, 0.4) is 0 Å². The molecule has 1 aromatic carbocycles. The molecule has 2 unspecified atom stereocenters. The van der Waals surface area contributed by atoms with Crippen molar-refractivity contribution in [2.45, 2.75) is 45.8 Å². The smallest absolute Gasteiger partial charge is 0.122 e. The lowest BCUT2D eigenvalue weighted by molar-refractivity contribution is -0.0774. The standard InChI is InChI=1S/C15H22O2/c1-4-13-12(3)15(9-10-16-13)17-14-8-6-5-7-11(14)2/h5-8,12-13,15H,4,9-10H2,1-3H3/t12-,13?,15?/m1/s1. The number of para-hydroxylation sites is 1. The van der Waals surface area contributed by atoms with Crippen LogP contribution in [-0.2, 0) is 4.74 Å². The molecule has 2 heteroatoms. The van der Waals surface area contributed by atoms with E-state index in [0.29, 0.717) is 12.0 Å². The third-order valence-corrected chi connectivity index (χ3v) is 3.68. The average Bonchev–Trinajstić information content (AvgIpc) is 2.34. The Hall–Kier alpha value is -1.02. The van der Waals surface area contributed by atoms with Crippen LogP contribution in [0.1, 0.15) is 32.3 Å². The zero-order valence-corrected chi connectivity index (χ0v) is 11.0. The summed E-state index contributed by atoms with van der Waals surface area (Å²) < 4.78 is 11.9. The van der Waals surface area contributed by atoms with Gasteiger partial charge in [0.05, 0.1) is 12.7 Å². The van der Waals surface area contributed by atoms with Gasteiger partial charge in [-0.2, -0.15) is 0 Å². The summed E-state index contributed by atoms with van der Waals surface area (Å²) in [5.41, 5.74) is 1.21. The predicted molar refractivity (Wildman–Crippen MR) is 69.4 cm³/mol. The molecule has 17 heavy (non-hydrogen) atoms. The Balaban J connectivity index is 2.05. The van der Waals surface area contributed by atoms with Gasteiger partial charge in [-0.15, -0.1) is 0 Å². The van der Waals surface area contributed by atoms with E-state index < -0.39 is 0 Å². The van der Waals surface area contributed by atoms with Crippen molar-refractivity contribution in [1.29, 1.82) is 0 Å². The molecule has 2 nitrogen and oxygen atoms in total. The second kappa shape index (κ2) is 5.54. The van der Waals surface area contributed by atoms with E-state index in [1.54, 1.807) is 0 Å². The van der Waals surface area contributed by atoms with E-state index in [9.17, 15) is 0 Å². The first-order valence-corrected chi connectivity index (χ1v) is 6.56. The number of ether oxygens (including phenoxy) is 2. The van der Waals surface area contributed by atoms with Crippen molar-refractivity contribution in [1.82, 2.24) is 0 Å². The lowest BCUT2D eigenvalue weighted by Crippen LogP contribution is -2.41. The van der Waals surface area contributed by atoms with Gasteiger partial charge in [-0.25, -0.2) is 0 Å². The highest BCUT2D eigenvalue weighted by Gasteiger charge is 2.31. The molecular weight excluding hydrogens is 212 g/mol. The van der Waals surface area contributed by atoms with E-state index in [-0.39, 0.29) is 6.10 Å². The second-order valence-electron chi connectivity index (χ2n) is 4.89. The van der Waals surface area contributed by atoms with Gasteiger partial charge in [-0.05, 0) is 25.0 Å². The van der Waals surface area contributed by atoms with Crippen molar-refractivity contribution >= 4 is 0 Å². The maximum absolute atomic E-state index is 6.15. The van der Waals surface area contributed by atoms with Gasteiger partial charge in [0.15, 0.2) is 0 Å². The largest absolute Gasteiger partial charge is 0.490 e. The van der Waals surface area contributed by atoms with Gasteiger partial charge < -0.3 is 9.47 Å². The minimum absolute atomic E-state index is 0.287. The molecule has 94 valence electrons. The first-order valence-electron chi connectivity index (χ1n) is 6.56. The van der Waals surface area contributed by atoms with Gasteiger partial charge in [0.2, 0.25) is 0 Å². The monoisotopic (exact) mass is 234 g/mol. The molecule has 0 amide bonds. The summed E-state index contributed by atoms with van der Waals surface area (Å²) in [6.45, 7) is 7.32. The fraction of sp³-hybridized carbons (Fsp3) is 0.600. The van der Waals surface area contributed by atoms with Gasteiger partial charge in [0.25, 0.3) is 0 Å². The third-order valence-electron chi connectivity index (χ3n) is 3.68. The summed E-state index contributed by atoms with van der Waals surface area (Å²) in [6, 6.07) is 8.23. The van der Waals surface area contributed by atoms with Gasteiger partial charge in [0.1, 0.15) is 11.9 Å². The quantitative estimate of drug-likeness (QED) is 0.796. The first-order chi connectivity index (χ1) is 8.22. The molecule has 0 aliphatic carbocycles. The van der Waals surface area contributed by atoms with Crippen molar-refractivity contribution in [3.63, 3.8) is 0 Å². The van der Waals surface area contributed by atoms with Crippen LogP contribution < -0.4 is 4.74 Å². The van der Waals surface area contributed by atoms with Crippen LogP contribution in [0.4, 0.5) is 0 Å². The fourth-order valence-electron chi connectivity index (χ4n) is 2.50. The highest BCUT2D eigenvalue weighted by molar-refractivity contribution is 5.32. The maximum Gasteiger partial charge on any atom is 0.122 e. The number of aryl methyl sites for hydroxylation is 1. The van der Waals surface area contributed by atoms with Crippen LogP contribution in [0.15, 0.2) is 24.3 Å². The highest BCUT2D eigenvalue weighted by atomic mass is 16.5. The van der Waals surface area contributed by atoms with E-state index in [1.165, 1.54) is 5.56 Å². The van der Waals surface area contributed by atoms with Gasteiger partial charge in [-0.1, -0.05) is 32.0 Å². The predicted octanol–water partition coefficient (Wildman–Crippen LogP) is 3.58. The molecule has 3 atom stereocenters. The summed E-state index contributed by atoms with van der Waals surface area (Å²) in [4.78, 5) is 0. The summed E-state index contributed by atoms with van der Waals surface area (Å²) in [6.07, 6.45) is 2.69. The van der Waals surface area contributed by atoms with E-state index in [2.05, 4.69) is 32.9 Å². The topological polar surface area (TPSA) is 18.5 Å². The van der Waals surface area contributed by atoms with Gasteiger partial charge in [0, 0.05) is 12.3 Å². The molecule has 1 fully saturated rings. The SMILES string of the molecule is CCC1OCCC(Oc2ccccc2C)[C@@H]1C. The summed E-state index contributed by atoms with van der Waals surface area (Å²) in [5, 5.41) is 0. The molecule has 0 radical (unpaired) electrons. The van der Waals surface area contributed by atoms with E-state index in [0.717, 1.165) is 25.2 Å². The molecule has 0 aromatic heterocycles. The van der Waals surface area contributed by atoms with E-state index >= 15 is 0 Å². The molecule has 0 spiro atoms. The number of rotatable bonds is 3. The lowest BCUT2D eigenvalue weighted by Gasteiger charge is -2.36.